The lowest BCUT2D eigenvalue weighted by atomic mass is 10.1. The molecule has 0 N–H and O–H groups in total. The molecule has 0 saturated heterocycles. The van der Waals surface area contributed by atoms with Crippen LogP contribution in [0, 0.1) is 0 Å². The first-order valence-electron chi connectivity index (χ1n) is 20.0. The molecule has 46 heavy (non-hydrogen) atoms. The summed E-state index contributed by atoms with van der Waals surface area (Å²) in [6.07, 6.45) is 33.8. The van der Waals surface area contributed by atoms with Crippen LogP contribution in [0.4, 0.5) is 0 Å². The first kappa shape index (κ1) is 44.4. The maximum atomic E-state index is 12.6. The van der Waals surface area contributed by atoms with Crippen molar-refractivity contribution in [2.45, 2.75) is 226 Å². The van der Waals surface area contributed by atoms with Gasteiger partial charge in [0.2, 0.25) is 0 Å². The predicted octanol–water partition coefficient (Wildman–Crippen LogP) is 12.1. The second kappa shape index (κ2) is 36.2. The zero-order valence-electron chi connectivity index (χ0n) is 30.9. The normalized spacial score (nSPS) is 11.8. The van der Waals surface area contributed by atoms with E-state index in [2.05, 4.69) is 20.8 Å². The summed E-state index contributed by atoms with van der Waals surface area (Å²) in [6, 6.07) is 0. The molecule has 0 aliphatic rings. The highest BCUT2D eigenvalue weighted by Gasteiger charge is 2.19. The number of hydrogen-bond donors (Lipinski definition) is 0. The molecule has 6 heteroatoms. The number of carbonyl (C=O) groups is 3. The van der Waals surface area contributed by atoms with Crippen LogP contribution in [0.1, 0.15) is 220 Å². The Hall–Kier alpha value is -1.59. The van der Waals surface area contributed by atoms with E-state index in [4.69, 9.17) is 14.2 Å². The van der Waals surface area contributed by atoms with Crippen molar-refractivity contribution in [1.82, 2.24) is 0 Å². The van der Waals surface area contributed by atoms with E-state index in [0.717, 1.165) is 57.8 Å². The van der Waals surface area contributed by atoms with Crippen LogP contribution in [-0.4, -0.2) is 37.2 Å². The van der Waals surface area contributed by atoms with Crippen LogP contribution in [0.2, 0.25) is 0 Å². The predicted molar refractivity (Wildman–Crippen MR) is 192 cm³/mol. The largest absolute Gasteiger partial charge is 0.462 e. The highest BCUT2D eigenvalue weighted by atomic mass is 16.6. The summed E-state index contributed by atoms with van der Waals surface area (Å²) in [5, 5.41) is 0. The second-order valence-electron chi connectivity index (χ2n) is 13.6. The van der Waals surface area contributed by atoms with Crippen molar-refractivity contribution in [1.29, 1.82) is 0 Å². The monoisotopic (exact) mass is 653 g/mol. The standard InChI is InChI=1S/C40H76O6/c1-4-7-10-13-16-18-20-22-24-27-30-33-39(42)45-36-37(35-44-38(41)32-29-26-23-15-12-9-6-3)46-40(43)34-31-28-25-21-19-17-14-11-8-5-2/h37H,4-36H2,1-3H3/t37-/m0/s1. The molecule has 0 aromatic carbocycles. The molecule has 0 rings (SSSR count). The third-order valence-corrected chi connectivity index (χ3v) is 8.86. The SMILES string of the molecule is CCCCCCCCCCCCCC(=O)OC[C@H](COC(=O)CCCCCCCCC)OC(=O)CCCCCCCCCCCC. The fourth-order valence-electron chi connectivity index (χ4n) is 5.79. The maximum Gasteiger partial charge on any atom is 0.306 e. The van der Waals surface area contributed by atoms with Crippen LogP contribution in [0.3, 0.4) is 0 Å². The molecule has 0 aromatic heterocycles. The summed E-state index contributed by atoms with van der Waals surface area (Å²) in [5.41, 5.74) is 0. The van der Waals surface area contributed by atoms with Gasteiger partial charge in [0.15, 0.2) is 6.10 Å². The summed E-state index contributed by atoms with van der Waals surface area (Å²) in [5.74, 6) is -0.869. The minimum atomic E-state index is -0.755. The van der Waals surface area contributed by atoms with Crippen LogP contribution in [0.5, 0.6) is 0 Å². The van der Waals surface area contributed by atoms with Crippen molar-refractivity contribution in [2.75, 3.05) is 13.2 Å². The molecule has 272 valence electrons. The zero-order valence-corrected chi connectivity index (χ0v) is 30.9. The first-order chi connectivity index (χ1) is 22.5. The molecule has 0 heterocycles. The Balaban J connectivity index is 4.31. The average molecular weight is 653 g/mol. The van der Waals surface area contributed by atoms with Gasteiger partial charge < -0.3 is 14.2 Å². The van der Waals surface area contributed by atoms with Gasteiger partial charge in [-0.2, -0.15) is 0 Å². The Bertz CT molecular complexity index is 679. The quantitative estimate of drug-likeness (QED) is 0.0381. The lowest BCUT2D eigenvalue weighted by Gasteiger charge is -2.18. The van der Waals surface area contributed by atoms with E-state index in [1.54, 1.807) is 0 Å². The Kier molecular flexibility index (Phi) is 35.0. The number of esters is 3. The Labute approximate surface area is 285 Å². The molecule has 0 aliphatic carbocycles. The number of carbonyl (C=O) groups excluding carboxylic acids is 3. The molecule has 0 bridgehead atoms. The molecule has 0 unspecified atom stereocenters. The van der Waals surface area contributed by atoms with Crippen LogP contribution >= 0.6 is 0 Å². The molecule has 0 amide bonds. The van der Waals surface area contributed by atoms with Gasteiger partial charge in [-0.25, -0.2) is 0 Å². The Morgan fingerprint density at radius 1 is 0.348 bits per heavy atom. The van der Waals surface area contributed by atoms with Crippen molar-refractivity contribution in [2.24, 2.45) is 0 Å². The Morgan fingerprint density at radius 3 is 0.870 bits per heavy atom. The molecule has 0 radical (unpaired) electrons. The second-order valence-corrected chi connectivity index (χ2v) is 13.6. The van der Waals surface area contributed by atoms with Gasteiger partial charge in [0, 0.05) is 19.3 Å². The van der Waals surface area contributed by atoms with E-state index in [9.17, 15) is 14.4 Å². The molecule has 0 aliphatic heterocycles. The van der Waals surface area contributed by atoms with E-state index in [1.807, 2.05) is 0 Å². The molecular weight excluding hydrogens is 576 g/mol. The molecule has 0 spiro atoms. The van der Waals surface area contributed by atoms with Crippen molar-refractivity contribution in [3.05, 3.63) is 0 Å². The van der Waals surface area contributed by atoms with E-state index in [0.29, 0.717) is 19.3 Å². The molecular formula is C40H76O6. The smallest absolute Gasteiger partial charge is 0.306 e. The fraction of sp³-hybridized carbons (Fsp3) is 0.925. The van der Waals surface area contributed by atoms with Crippen molar-refractivity contribution < 1.29 is 28.6 Å². The lowest BCUT2D eigenvalue weighted by Crippen LogP contribution is -2.30. The molecule has 1 atom stereocenters. The summed E-state index contributed by atoms with van der Waals surface area (Å²) >= 11 is 0. The van der Waals surface area contributed by atoms with Crippen LogP contribution in [0.25, 0.3) is 0 Å². The fourth-order valence-corrected chi connectivity index (χ4v) is 5.79. The van der Waals surface area contributed by atoms with Crippen molar-refractivity contribution in [3.63, 3.8) is 0 Å². The highest BCUT2D eigenvalue weighted by Crippen LogP contribution is 2.14. The van der Waals surface area contributed by atoms with Crippen LogP contribution < -0.4 is 0 Å². The zero-order chi connectivity index (χ0) is 33.8. The maximum absolute atomic E-state index is 12.6. The summed E-state index contributed by atoms with van der Waals surface area (Å²) in [4.78, 5) is 37.3. The van der Waals surface area contributed by atoms with Crippen molar-refractivity contribution in [3.8, 4) is 0 Å². The van der Waals surface area contributed by atoms with Gasteiger partial charge in [-0.3, -0.25) is 14.4 Å². The number of rotatable bonds is 36. The van der Waals surface area contributed by atoms with E-state index in [1.165, 1.54) is 122 Å². The topological polar surface area (TPSA) is 78.9 Å². The minimum absolute atomic E-state index is 0.0641. The summed E-state index contributed by atoms with van der Waals surface area (Å²) in [6.45, 7) is 6.57. The van der Waals surface area contributed by atoms with E-state index >= 15 is 0 Å². The number of ether oxygens (including phenoxy) is 3. The minimum Gasteiger partial charge on any atom is -0.462 e. The Morgan fingerprint density at radius 2 is 0.587 bits per heavy atom. The van der Waals surface area contributed by atoms with Gasteiger partial charge in [0.25, 0.3) is 0 Å². The molecule has 0 saturated carbocycles. The number of unbranched alkanes of at least 4 members (excludes halogenated alkanes) is 25. The van der Waals surface area contributed by atoms with E-state index < -0.39 is 6.10 Å². The van der Waals surface area contributed by atoms with Gasteiger partial charge >= 0.3 is 17.9 Å². The molecule has 0 fully saturated rings. The average Bonchev–Trinajstić information content (AvgIpc) is 3.05. The summed E-state index contributed by atoms with van der Waals surface area (Å²) < 4.78 is 16.6. The molecule has 6 nitrogen and oxygen atoms in total. The van der Waals surface area contributed by atoms with Gasteiger partial charge in [-0.1, -0.05) is 181 Å². The third-order valence-electron chi connectivity index (χ3n) is 8.86. The van der Waals surface area contributed by atoms with Crippen molar-refractivity contribution >= 4 is 17.9 Å². The number of hydrogen-bond acceptors (Lipinski definition) is 6. The summed E-state index contributed by atoms with van der Waals surface area (Å²) in [7, 11) is 0. The van der Waals surface area contributed by atoms with Crippen LogP contribution in [0.15, 0.2) is 0 Å². The van der Waals surface area contributed by atoms with Gasteiger partial charge in [-0.05, 0) is 19.3 Å². The van der Waals surface area contributed by atoms with Gasteiger partial charge in [-0.15, -0.1) is 0 Å². The van der Waals surface area contributed by atoms with Gasteiger partial charge in [0.1, 0.15) is 13.2 Å². The highest BCUT2D eigenvalue weighted by molar-refractivity contribution is 5.71. The third kappa shape index (κ3) is 33.8. The van der Waals surface area contributed by atoms with Gasteiger partial charge in [0.05, 0.1) is 0 Å². The van der Waals surface area contributed by atoms with Crippen LogP contribution in [-0.2, 0) is 28.6 Å². The first-order valence-corrected chi connectivity index (χ1v) is 20.0. The van der Waals surface area contributed by atoms with E-state index in [-0.39, 0.29) is 31.1 Å². The molecule has 0 aromatic rings. The lowest BCUT2D eigenvalue weighted by molar-refractivity contribution is -0.167.